The van der Waals surface area contributed by atoms with E-state index >= 15 is 0 Å². The number of carbonyl (C=O) groups excluding carboxylic acids is 2. The summed E-state index contributed by atoms with van der Waals surface area (Å²) in [6, 6.07) is 0. The molecule has 0 atom stereocenters. The topological polar surface area (TPSA) is 74.6 Å². The molecule has 0 unspecified atom stereocenters. The van der Waals surface area contributed by atoms with Gasteiger partial charge in [-0.1, -0.05) is 0 Å². The summed E-state index contributed by atoms with van der Waals surface area (Å²) in [6.07, 6.45) is -13.3. The fraction of sp³-hybridized carbons (Fsp3) is 0.750. The third-order valence-electron chi connectivity index (χ3n) is 1.31. The highest BCUT2D eigenvalue weighted by molar-refractivity contribution is 5.91. The van der Waals surface area contributed by atoms with E-state index < -0.39 is 36.8 Å². The van der Waals surface area contributed by atoms with Gasteiger partial charge in [0.05, 0.1) is 13.2 Å². The molecule has 0 fully saturated rings. The van der Waals surface area contributed by atoms with Gasteiger partial charge in [0.1, 0.15) is 0 Å². The van der Waals surface area contributed by atoms with E-state index in [9.17, 15) is 35.9 Å². The first kappa shape index (κ1) is 19.2. The smallest absolute Gasteiger partial charge is 0.394 e. The van der Waals surface area contributed by atoms with Crippen molar-refractivity contribution in [3.05, 3.63) is 0 Å². The van der Waals surface area contributed by atoms with Crippen molar-refractivity contribution in [2.75, 3.05) is 13.2 Å². The fourth-order valence-electron chi connectivity index (χ4n) is 0.511. The van der Waals surface area contributed by atoms with Crippen molar-refractivity contribution in [3.63, 3.8) is 0 Å². The van der Waals surface area contributed by atoms with Gasteiger partial charge in [-0.05, 0) is 0 Å². The number of carbonyl (C=O) groups is 2. The van der Waals surface area contributed by atoms with Crippen LogP contribution in [0.1, 0.15) is 12.8 Å². The Morgan fingerprint density at radius 1 is 0.722 bits per heavy atom. The molecule has 0 spiro atoms. The average molecular weight is 284 g/mol. The van der Waals surface area contributed by atoms with Crippen LogP contribution in [0, 0.1) is 0 Å². The molecule has 0 rings (SSSR count). The van der Waals surface area contributed by atoms with Crippen LogP contribution in [0.15, 0.2) is 0 Å². The summed E-state index contributed by atoms with van der Waals surface area (Å²) in [7, 11) is 0. The maximum atomic E-state index is 11.5. The predicted molar refractivity (Wildman–Crippen MR) is 45.5 cm³/mol. The number of hydrogen-bond acceptors (Lipinski definition) is 4. The third-order valence-corrected chi connectivity index (χ3v) is 1.31. The van der Waals surface area contributed by atoms with Crippen LogP contribution in [0.5, 0.6) is 0 Å². The monoisotopic (exact) mass is 284 g/mol. The van der Waals surface area contributed by atoms with Crippen LogP contribution in [0.3, 0.4) is 0 Å². The molecule has 0 aromatic heterocycles. The zero-order chi connectivity index (χ0) is 15.0. The van der Waals surface area contributed by atoms with E-state index in [4.69, 9.17) is 10.2 Å². The second kappa shape index (κ2) is 8.03. The first-order valence-corrected chi connectivity index (χ1v) is 4.38. The van der Waals surface area contributed by atoms with E-state index in [1.165, 1.54) is 0 Å². The minimum atomic E-state index is -5.19. The van der Waals surface area contributed by atoms with Gasteiger partial charge in [0.2, 0.25) is 11.6 Å². The lowest BCUT2D eigenvalue weighted by Gasteiger charge is -2.06. The molecule has 0 radical (unpaired) electrons. The first-order valence-electron chi connectivity index (χ1n) is 4.38. The lowest BCUT2D eigenvalue weighted by molar-refractivity contribution is -0.176. The van der Waals surface area contributed by atoms with Crippen LogP contribution in [-0.2, 0) is 9.59 Å². The van der Waals surface area contributed by atoms with E-state index in [-0.39, 0.29) is 13.2 Å². The van der Waals surface area contributed by atoms with Crippen LogP contribution in [0.2, 0.25) is 0 Å². The summed E-state index contributed by atoms with van der Waals surface area (Å²) in [5.41, 5.74) is 0. The van der Waals surface area contributed by atoms with Crippen LogP contribution in [-0.4, -0.2) is 47.3 Å². The van der Waals surface area contributed by atoms with E-state index in [1.54, 1.807) is 0 Å². The molecule has 0 amide bonds. The molecule has 0 saturated heterocycles. The molecular weight excluding hydrogens is 274 g/mol. The normalized spacial score (nSPS) is 11.6. The highest BCUT2D eigenvalue weighted by Crippen LogP contribution is 2.22. The molecule has 2 N–H and O–H groups in total. The van der Waals surface area contributed by atoms with E-state index in [2.05, 4.69) is 0 Å². The molecule has 18 heavy (non-hydrogen) atoms. The molecule has 4 nitrogen and oxygen atoms in total. The summed E-state index contributed by atoms with van der Waals surface area (Å²) in [5, 5.41) is 15.2. The highest BCUT2D eigenvalue weighted by Gasteiger charge is 2.42. The van der Waals surface area contributed by atoms with Gasteiger partial charge in [-0.15, -0.1) is 0 Å². The number of hydrogen-bond donors (Lipinski definition) is 2. The van der Waals surface area contributed by atoms with Gasteiger partial charge in [0.25, 0.3) is 0 Å². The van der Waals surface area contributed by atoms with Crippen LogP contribution in [0.4, 0.5) is 26.3 Å². The van der Waals surface area contributed by atoms with Gasteiger partial charge in [-0.3, -0.25) is 9.59 Å². The lowest BCUT2D eigenvalue weighted by Crippen LogP contribution is -2.27. The largest absolute Gasteiger partial charge is 0.449 e. The number of aliphatic hydroxyl groups is 2. The Morgan fingerprint density at radius 2 is 0.944 bits per heavy atom. The van der Waals surface area contributed by atoms with Crippen molar-refractivity contribution in [1.82, 2.24) is 0 Å². The summed E-state index contributed by atoms with van der Waals surface area (Å²) < 4.78 is 68.7. The van der Waals surface area contributed by atoms with Crippen molar-refractivity contribution >= 4 is 11.6 Å². The lowest BCUT2D eigenvalue weighted by atomic mass is 10.1. The summed E-state index contributed by atoms with van der Waals surface area (Å²) >= 11 is 0. The SMILES string of the molecule is O=C(CCC(=O)C(F)(F)F)C(F)(F)F.OCCO. The molecule has 0 aromatic carbocycles. The Bertz CT molecular complexity index is 242. The Labute approximate surface area is 97.2 Å². The highest BCUT2D eigenvalue weighted by atomic mass is 19.4. The number of aliphatic hydroxyl groups excluding tert-OH is 2. The van der Waals surface area contributed by atoms with Crippen molar-refractivity contribution in [3.8, 4) is 0 Å². The summed E-state index contributed by atoms with van der Waals surface area (Å²) in [5.74, 6) is -4.68. The second-order valence-electron chi connectivity index (χ2n) is 2.79. The number of Topliss-reactive ketones (excluding diaryl/α,β-unsaturated/α-hetero) is 2. The summed E-state index contributed by atoms with van der Waals surface area (Å²) in [6.45, 7) is -0.250. The molecular formula is C8H10F6O4. The molecule has 0 saturated carbocycles. The Hall–Kier alpha value is -1.16. The van der Waals surface area contributed by atoms with Crippen LogP contribution in [0.25, 0.3) is 0 Å². The maximum Gasteiger partial charge on any atom is 0.449 e. The van der Waals surface area contributed by atoms with Crippen molar-refractivity contribution < 1.29 is 46.1 Å². The molecule has 108 valence electrons. The van der Waals surface area contributed by atoms with Crippen molar-refractivity contribution in [2.24, 2.45) is 0 Å². The van der Waals surface area contributed by atoms with Gasteiger partial charge in [0.15, 0.2) is 0 Å². The quantitative estimate of drug-likeness (QED) is 0.755. The summed E-state index contributed by atoms with van der Waals surface area (Å²) in [4.78, 5) is 20.1. The standard InChI is InChI=1S/C6H4F6O2.C2H6O2/c7-5(8,9)3(13)1-2-4(14)6(10,11)12;3-1-2-4/h1-2H2;3-4H,1-2H2. The fourth-order valence-corrected chi connectivity index (χ4v) is 0.511. The maximum absolute atomic E-state index is 11.5. The zero-order valence-corrected chi connectivity index (χ0v) is 8.81. The first-order chi connectivity index (χ1) is 7.96. The zero-order valence-electron chi connectivity index (χ0n) is 8.81. The molecule has 0 aromatic rings. The van der Waals surface area contributed by atoms with Gasteiger partial charge >= 0.3 is 12.4 Å². The van der Waals surface area contributed by atoms with Crippen molar-refractivity contribution in [2.45, 2.75) is 25.2 Å². The minimum absolute atomic E-state index is 0.125. The molecule has 0 heterocycles. The Balaban J connectivity index is 0. The van der Waals surface area contributed by atoms with Gasteiger partial charge < -0.3 is 10.2 Å². The minimum Gasteiger partial charge on any atom is -0.394 e. The molecule has 0 aliphatic carbocycles. The van der Waals surface area contributed by atoms with E-state index in [0.29, 0.717) is 0 Å². The number of rotatable bonds is 4. The number of ketones is 2. The van der Waals surface area contributed by atoms with Crippen molar-refractivity contribution in [1.29, 1.82) is 0 Å². The molecule has 0 bridgehead atoms. The van der Waals surface area contributed by atoms with Gasteiger partial charge in [0, 0.05) is 12.8 Å². The average Bonchev–Trinajstić information content (AvgIpc) is 2.22. The second-order valence-corrected chi connectivity index (χ2v) is 2.79. The predicted octanol–water partition coefficient (Wildman–Crippen LogP) is 1.00. The van der Waals surface area contributed by atoms with Crippen LogP contribution < -0.4 is 0 Å². The molecule has 0 aliphatic rings. The van der Waals surface area contributed by atoms with Gasteiger partial charge in [-0.25, -0.2) is 0 Å². The molecule has 10 heteroatoms. The van der Waals surface area contributed by atoms with Crippen LogP contribution >= 0.6 is 0 Å². The van der Waals surface area contributed by atoms with E-state index in [1.807, 2.05) is 0 Å². The van der Waals surface area contributed by atoms with E-state index in [0.717, 1.165) is 0 Å². The Morgan fingerprint density at radius 3 is 1.06 bits per heavy atom. The molecule has 0 aliphatic heterocycles. The van der Waals surface area contributed by atoms with Gasteiger partial charge in [-0.2, -0.15) is 26.3 Å². The third kappa shape index (κ3) is 10.0. The Kier molecular flexibility index (Phi) is 8.56. The number of alkyl halides is 6. The number of halogens is 6.